The summed E-state index contributed by atoms with van der Waals surface area (Å²) < 4.78 is 5.64. The summed E-state index contributed by atoms with van der Waals surface area (Å²) in [5.74, 6) is 0.832. The lowest BCUT2D eigenvalue weighted by molar-refractivity contribution is -0.130. The summed E-state index contributed by atoms with van der Waals surface area (Å²) in [4.78, 5) is 32.0. The molecule has 26 heavy (non-hydrogen) atoms. The number of para-hydroxylation sites is 2. The van der Waals surface area contributed by atoms with Gasteiger partial charge in [0.25, 0.3) is 0 Å². The van der Waals surface area contributed by atoms with Gasteiger partial charge < -0.3 is 14.2 Å². The number of hydrogen-bond acceptors (Lipinski definition) is 4. The molecule has 0 fully saturated rings. The third-order valence-corrected chi connectivity index (χ3v) is 4.47. The molecule has 0 bridgehead atoms. The molecule has 0 N–H and O–H groups in total. The standard InChI is InChI=1S/C20H29N3O3/c1-4-5-11-19(24)22(2)14-8-15-23(3)20(25)13-12-18-21-16-9-6-7-10-17(16)26-18/h6-7,9-10H,4-5,8,11-15H2,1-3H3. The number of unbranched alkanes of at least 4 members (excludes halogenated alkanes) is 1. The van der Waals surface area contributed by atoms with Crippen molar-refractivity contribution < 1.29 is 14.0 Å². The molecule has 2 rings (SSSR count). The molecule has 0 unspecified atom stereocenters. The Morgan fingerprint density at radius 2 is 1.65 bits per heavy atom. The number of benzene rings is 1. The van der Waals surface area contributed by atoms with Crippen molar-refractivity contribution in [2.45, 2.75) is 45.4 Å². The lowest BCUT2D eigenvalue weighted by atomic mass is 10.2. The molecular formula is C20H29N3O3. The lowest BCUT2D eigenvalue weighted by Gasteiger charge is -2.20. The van der Waals surface area contributed by atoms with Crippen LogP contribution in [-0.4, -0.2) is 53.8 Å². The molecule has 6 heteroatoms. The largest absolute Gasteiger partial charge is 0.441 e. The van der Waals surface area contributed by atoms with Crippen LogP contribution in [0.1, 0.15) is 44.9 Å². The van der Waals surface area contributed by atoms with E-state index >= 15 is 0 Å². The van der Waals surface area contributed by atoms with Crippen molar-refractivity contribution in [1.82, 2.24) is 14.8 Å². The zero-order valence-electron chi connectivity index (χ0n) is 16.0. The van der Waals surface area contributed by atoms with Crippen LogP contribution in [-0.2, 0) is 16.0 Å². The second-order valence-electron chi connectivity index (χ2n) is 6.66. The minimum atomic E-state index is 0.0622. The smallest absolute Gasteiger partial charge is 0.222 e. The number of carbonyl (C=O) groups excluding carboxylic acids is 2. The molecular weight excluding hydrogens is 330 g/mol. The van der Waals surface area contributed by atoms with Crippen molar-refractivity contribution in [3.63, 3.8) is 0 Å². The van der Waals surface area contributed by atoms with Crippen LogP contribution in [0.2, 0.25) is 0 Å². The van der Waals surface area contributed by atoms with Gasteiger partial charge in [0, 0.05) is 46.4 Å². The van der Waals surface area contributed by atoms with Crippen molar-refractivity contribution in [3.05, 3.63) is 30.2 Å². The molecule has 142 valence electrons. The number of rotatable bonds is 10. The topological polar surface area (TPSA) is 66.7 Å². The van der Waals surface area contributed by atoms with Gasteiger partial charge >= 0.3 is 0 Å². The van der Waals surface area contributed by atoms with Crippen LogP contribution in [0.3, 0.4) is 0 Å². The highest BCUT2D eigenvalue weighted by atomic mass is 16.3. The Hall–Kier alpha value is -2.37. The van der Waals surface area contributed by atoms with Crippen LogP contribution in [0.4, 0.5) is 0 Å². The van der Waals surface area contributed by atoms with Crippen LogP contribution >= 0.6 is 0 Å². The predicted octanol–water partition coefficient (Wildman–Crippen LogP) is 3.26. The molecule has 0 radical (unpaired) electrons. The van der Waals surface area contributed by atoms with Gasteiger partial charge in [-0.2, -0.15) is 0 Å². The first-order valence-corrected chi connectivity index (χ1v) is 9.33. The molecule has 0 spiro atoms. The molecule has 0 aliphatic carbocycles. The van der Waals surface area contributed by atoms with E-state index in [1.165, 1.54) is 0 Å². The fourth-order valence-corrected chi connectivity index (χ4v) is 2.74. The Labute approximate surface area is 155 Å². The summed E-state index contributed by atoms with van der Waals surface area (Å²) in [5, 5.41) is 0. The Balaban J connectivity index is 1.69. The molecule has 0 atom stereocenters. The summed E-state index contributed by atoms with van der Waals surface area (Å²) in [6.07, 6.45) is 4.20. The second-order valence-corrected chi connectivity index (χ2v) is 6.66. The summed E-state index contributed by atoms with van der Waals surface area (Å²) in [5.41, 5.74) is 1.57. The van der Waals surface area contributed by atoms with Gasteiger partial charge in [-0.3, -0.25) is 9.59 Å². The Morgan fingerprint density at radius 1 is 1.00 bits per heavy atom. The monoisotopic (exact) mass is 359 g/mol. The SMILES string of the molecule is CCCCC(=O)N(C)CCCN(C)C(=O)CCc1nc2ccccc2o1. The van der Waals surface area contributed by atoms with Crippen LogP contribution in [0.5, 0.6) is 0 Å². The molecule has 1 heterocycles. The maximum atomic E-state index is 12.3. The van der Waals surface area contributed by atoms with Crippen LogP contribution in [0.25, 0.3) is 11.1 Å². The summed E-state index contributed by atoms with van der Waals surface area (Å²) in [6, 6.07) is 7.59. The minimum absolute atomic E-state index is 0.0622. The molecule has 0 saturated heterocycles. The molecule has 0 aliphatic heterocycles. The normalized spacial score (nSPS) is 10.9. The average molecular weight is 359 g/mol. The number of fused-ring (bicyclic) bond motifs is 1. The summed E-state index contributed by atoms with van der Waals surface area (Å²) in [6.45, 7) is 3.39. The van der Waals surface area contributed by atoms with Crippen LogP contribution in [0.15, 0.2) is 28.7 Å². The number of aromatic nitrogens is 1. The highest BCUT2D eigenvalue weighted by molar-refractivity contribution is 5.77. The third-order valence-electron chi connectivity index (χ3n) is 4.47. The molecule has 2 amide bonds. The van der Waals surface area contributed by atoms with Crippen molar-refractivity contribution in [1.29, 1.82) is 0 Å². The van der Waals surface area contributed by atoms with Crippen molar-refractivity contribution >= 4 is 22.9 Å². The van der Waals surface area contributed by atoms with E-state index in [0.717, 1.165) is 30.4 Å². The van der Waals surface area contributed by atoms with Crippen LogP contribution in [0, 0.1) is 0 Å². The van der Waals surface area contributed by atoms with E-state index in [2.05, 4.69) is 11.9 Å². The average Bonchev–Trinajstić information content (AvgIpc) is 3.06. The van der Waals surface area contributed by atoms with Gasteiger partial charge in [0.15, 0.2) is 11.5 Å². The van der Waals surface area contributed by atoms with Crippen molar-refractivity contribution in [2.24, 2.45) is 0 Å². The number of carbonyl (C=O) groups is 2. The fraction of sp³-hybridized carbons (Fsp3) is 0.550. The quantitative estimate of drug-likeness (QED) is 0.653. The van der Waals surface area contributed by atoms with Gasteiger partial charge in [-0.15, -0.1) is 0 Å². The maximum absolute atomic E-state index is 12.3. The van der Waals surface area contributed by atoms with Gasteiger partial charge in [-0.1, -0.05) is 25.5 Å². The van der Waals surface area contributed by atoms with E-state index in [-0.39, 0.29) is 11.8 Å². The number of hydrogen-bond donors (Lipinski definition) is 0. The highest BCUT2D eigenvalue weighted by Crippen LogP contribution is 2.15. The Morgan fingerprint density at radius 3 is 2.31 bits per heavy atom. The van der Waals surface area contributed by atoms with Crippen molar-refractivity contribution in [3.8, 4) is 0 Å². The maximum Gasteiger partial charge on any atom is 0.222 e. The number of oxazole rings is 1. The summed E-state index contributed by atoms with van der Waals surface area (Å²) >= 11 is 0. The first-order valence-electron chi connectivity index (χ1n) is 9.33. The fourth-order valence-electron chi connectivity index (χ4n) is 2.74. The minimum Gasteiger partial charge on any atom is -0.441 e. The Kier molecular flexibility index (Phi) is 7.63. The molecule has 1 aromatic heterocycles. The molecule has 0 saturated carbocycles. The molecule has 2 aromatic rings. The van der Waals surface area contributed by atoms with E-state index in [9.17, 15) is 9.59 Å². The van der Waals surface area contributed by atoms with E-state index in [0.29, 0.717) is 38.2 Å². The van der Waals surface area contributed by atoms with E-state index in [4.69, 9.17) is 4.42 Å². The van der Waals surface area contributed by atoms with E-state index in [1.807, 2.05) is 31.3 Å². The number of amides is 2. The highest BCUT2D eigenvalue weighted by Gasteiger charge is 2.13. The predicted molar refractivity (Wildman–Crippen MR) is 102 cm³/mol. The third kappa shape index (κ3) is 5.86. The first-order chi connectivity index (χ1) is 12.5. The van der Waals surface area contributed by atoms with Crippen molar-refractivity contribution in [2.75, 3.05) is 27.2 Å². The molecule has 1 aromatic carbocycles. The second kappa shape index (κ2) is 9.94. The van der Waals surface area contributed by atoms with Gasteiger partial charge in [0.1, 0.15) is 5.52 Å². The summed E-state index contributed by atoms with van der Waals surface area (Å²) in [7, 11) is 3.63. The van der Waals surface area contributed by atoms with E-state index in [1.54, 1.807) is 16.8 Å². The zero-order chi connectivity index (χ0) is 18.9. The lowest BCUT2D eigenvalue weighted by Crippen LogP contribution is -2.32. The van der Waals surface area contributed by atoms with Crippen LogP contribution < -0.4 is 0 Å². The number of nitrogens with zero attached hydrogens (tertiary/aromatic N) is 3. The molecule has 0 aliphatic rings. The molecule has 6 nitrogen and oxygen atoms in total. The Bertz CT molecular complexity index is 693. The zero-order valence-corrected chi connectivity index (χ0v) is 16.0. The van der Waals surface area contributed by atoms with E-state index < -0.39 is 0 Å². The van der Waals surface area contributed by atoms with Gasteiger partial charge in [0.05, 0.1) is 0 Å². The van der Waals surface area contributed by atoms with Gasteiger partial charge in [-0.25, -0.2) is 4.98 Å². The van der Waals surface area contributed by atoms with Gasteiger partial charge in [0.2, 0.25) is 11.8 Å². The first kappa shape index (κ1) is 19.9. The number of aryl methyl sites for hydroxylation is 1. The van der Waals surface area contributed by atoms with Gasteiger partial charge in [-0.05, 0) is 25.0 Å².